The van der Waals surface area contributed by atoms with E-state index < -0.39 is 10.0 Å². The molecule has 3 nitrogen and oxygen atoms in total. The topological polar surface area (TPSA) is 37.4 Å². The molecule has 1 aromatic rings. The second kappa shape index (κ2) is 6.92. The van der Waals surface area contributed by atoms with E-state index in [0.717, 1.165) is 24.0 Å². The quantitative estimate of drug-likeness (QED) is 0.755. The smallest absolute Gasteiger partial charge is 0.212 e. The summed E-state index contributed by atoms with van der Waals surface area (Å²) in [5.74, 6) is 0.996. The van der Waals surface area contributed by atoms with Gasteiger partial charge in [-0.1, -0.05) is 37.1 Å². The first kappa shape index (κ1) is 15.8. The number of halogens is 1. The van der Waals surface area contributed by atoms with Crippen molar-refractivity contribution in [2.45, 2.75) is 37.3 Å². The van der Waals surface area contributed by atoms with Crippen LogP contribution >= 0.6 is 11.6 Å². The summed E-state index contributed by atoms with van der Waals surface area (Å²) in [6.45, 7) is 0.650. The molecule has 0 N–H and O–H groups in total. The largest absolute Gasteiger partial charge is 0.218 e. The molecule has 0 unspecified atom stereocenters. The number of alkyl halides is 1. The summed E-state index contributed by atoms with van der Waals surface area (Å²) >= 11 is 5.79. The van der Waals surface area contributed by atoms with Crippen molar-refractivity contribution < 1.29 is 8.42 Å². The molecule has 0 bridgehead atoms. The van der Waals surface area contributed by atoms with Crippen molar-refractivity contribution in [3.8, 4) is 0 Å². The Labute approximate surface area is 127 Å². The van der Waals surface area contributed by atoms with Crippen LogP contribution in [0, 0.1) is 5.92 Å². The first-order chi connectivity index (χ1) is 9.51. The highest BCUT2D eigenvalue weighted by Crippen LogP contribution is 2.26. The molecule has 112 valence electrons. The van der Waals surface area contributed by atoms with Gasteiger partial charge in [-0.3, -0.25) is 0 Å². The zero-order chi connectivity index (χ0) is 14.6. The average molecular weight is 316 g/mol. The minimum Gasteiger partial charge on any atom is -0.212 e. The lowest BCUT2D eigenvalue weighted by atomic mass is 10.1. The molecule has 2 rings (SSSR count). The van der Waals surface area contributed by atoms with Crippen LogP contribution in [0.2, 0.25) is 0 Å². The van der Waals surface area contributed by atoms with Crippen LogP contribution in [0.4, 0.5) is 0 Å². The monoisotopic (exact) mass is 315 g/mol. The Bertz CT molecular complexity index is 539. The summed E-state index contributed by atoms with van der Waals surface area (Å²) in [5.41, 5.74) is 1.76. The maximum Gasteiger partial charge on any atom is 0.218 e. The minimum absolute atomic E-state index is 0.0565. The molecule has 1 aliphatic rings. The van der Waals surface area contributed by atoms with Crippen LogP contribution in [0.15, 0.2) is 24.3 Å². The first-order valence-corrected chi connectivity index (χ1v) is 9.23. The van der Waals surface area contributed by atoms with E-state index in [1.807, 2.05) is 24.3 Å². The Morgan fingerprint density at radius 3 is 2.55 bits per heavy atom. The van der Waals surface area contributed by atoms with Crippen molar-refractivity contribution in [2.24, 2.45) is 5.92 Å². The van der Waals surface area contributed by atoms with Gasteiger partial charge in [0.2, 0.25) is 10.0 Å². The zero-order valence-electron chi connectivity index (χ0n) is 11.9. The fourth-order valence-corrected chi connectivity index (χ4v) is 4.22. The van der Waals surface area contributed by atoms with Gasteiger partial charge in [0.1, 0.15) is 0 Å². The molecule has 1 fully saturated rings. The first-order valence-electron chi connectivity index (χ1n) is 7.09. The lowest BCUT2D eigenvalue weighted by Gasteiger charge is -2.20. The summed E-state index contributed by atoms with van der Waals surface area (Å²) in [5, 5.41) is 0. The predicted octanol–water partition coefficient (Wildman–Crippen LogP) is 3.38. The number of sulfonamides is 1. The van der Waals surface area contributed by atoms with E-state index in [4.69, 9.17) is 11.6 Å². The second-order valence-corrected chi connectivity index (χ2v) is 7.98. The molecule has 0 spiro atoms. The highest BCUT2D eigenvalue weighted by molar-refractivity contribution is 7.88. The molecule has 20 heavy (non-hydrogen) atoms. The lowest BCUT2D eigenvalue weighted by molar-refractivity contribution is 0.387. The predicted molar refractivity (Wildman–Crippen MR) is 83.2 cm³/mol. The summed E-state index contributed by atoms with van der Waals surface area (Å²) in [6.07, 6.45) is 4.77. The van der Waals surface area contributed by atoms with E-state index in [-0.39, 0.29) is 5.75 Å². The van der Waals surface area contributed by atoms with Crippen molar-refractivity contribution in [2.75, 3.05) is 13.6 Å². The third-order valence-corrected chi connectivity index (χ3v) is 6.07. The third-order valence-electron chi connectivity index (χ3n) is 3.96. The molecule has 1 aromatic carbocycles. The van der Waals surface area contributed by atoms with Gasteiger partial charge in [-0.2, -0.15) is 0 Å². The van der Waals surface area contributed by atoms with Crippen LogP contribution in [0.1, 0.15) is 36.8 Å². The van der Waals surface area contributed by atoms with Gasteiger partial charge in [-0.05, 0) is 29.9 Å². The summed E-state index contributed by atoms with van der Waals surface area (Å²) in [7, 11) is -1.54. The zero-order valence-corrected chi connectivity index (χ0v) is 13.5. The molecule has 0 heterocycles. The Balaban J connectivity index is 2.01. The molecule has 5 heteroatoms. The van der Waals surface area contributed by atoms with E-state index in [1.54, 1.807) is 7.05 Å². The number of hydrogen-bond donors (Lipinski definition) is 0. The molecule has 1 aliphatic carbocycles. The number of rotatable bonds is 6. The number of nitrogens with zero attached hydrogens (tertiary/aromatic N) is 1. The lowest BCUT2D eigenvalue weighted by Crippen LogP contribution is -2.32. The third kappa shape index (κ3) is 4.21. The molecule has 0 atom stereocenters. The fraction of sp³-hybridized carbons (Fsp3) is 0.600. The number of benzene rings is 1. The number of hydrogen-bond acceptors (Lipinski definition) is 2. The van der Waals surface area contributed by atoms with Gasteiger partial charge in [-0.15, -0.1) is 11.6 Å². The standard InChI is InChI=1S/C15H22ClNO2S/c1-17(11-13-5-2-3-6-13)20(18,19)12-15-8-4-7-14(9-15)10-16/h4,7-9,13H,2-3,5-6,10-12H2,1H3. The van der Waals surface area contributed by atoms with E-state index >= 15 is 0 Å². The van der Waals surface area contributed by atoms with Crippen LogP contribution in [-0.2, 0) is 21.7 Å². The fourth-order valence-electron chi connectivity index (χ4n) is 2.79. The molecule has 0 saturated heterocycles. The van der Waals surface area contributed by atoms with E-state index in [9.17, 15) is 8.42 Å². The molecule has 0 aromatic heterocycles. The molecule has 0 aliphatic heterocycles. The molecule has 0 amide bonds. The average Bonchev–Trinajstić information content (AvgIpc) is 2.91. The second-order valence-electron chi connectivity index (χ2n) is 5.64. The van der Waals surface area contributed by atoms with Crippen molar-refractivity contribution in [1.29, 1.82) is 0 Å². The minimum atomic E-state index is -3.24. The van der Waals surface area contributed by atoms with E-state index in [1.165, 1.54) is 17.1 Å². The highest BCUT2D eigenvalue weighted by atomic mass is 35.5. The maximum atomic E-state index is 12.4. The van der Waals surface area contributed by atoms with Crippen molar-refractivity contribution >= 4 is 21.6 Å². The van der Waals surface area contributed by atoms with Gasteiger partial charge >= 0.3 is 0 Å². The maximum absolute atomic E-state index is 12.4. The molecular weight excluding hydrogens is 294 g/mol. The van der Waals surface area contributed by atoms with Gasteiger partial charge in [0.05, 0.1) is 5.75 Å². The summed E-state index contributed by atoms with van der Waals surface area (Å²) < 4.78 is 26.3. The van der Waals surface area contributed by atoms with Crippen LogP contribution < -0.4 is 0 Å². The molecule has 0 radical (unpaired) electrons. The SMILES string of the molecule is CN(CC1CCCC1)S(=O)(=O)Cc1cccc(CCl)c1. The Kier molecular flexibility index (Phi) is 5.47. The van der Waals surface area contributed by atoms with Crippen LogP contribution in [0.3, 0.4) is 0 Å². The van der Waals surface area contributed by atoms with Gasteiger partial charge in [-0.25, -0.2) is 12.7 Å². The summed E-state index contributed by atoms with van der Waals surface area (Å²) in [4.78, 5) is 0. The Morgan fingerprint density at radius 1 is 1.25 bits per heavy atom. The normalized spacial score (nSPS) is 16.9. The van der Waals surface area contributed by atoms with Crippen LogP contribution in [-0.4, -0.2) is 26.3 Å². The molecule has 1 saturated carbocycles. The Morgan fingerprint density at radius 2 is 1.90 bits per heavy atom. The summed E-state index contributed by atoms with van der Waals surface area (Å²) in [6, 6.07) is 7.48. The van der Waals surface area contributed by atoms with Crippen LogP contribution in [0.5, 0.6) is 0 Å². The van der Waals surface area contributed by atoms with Gasteiger partial charge in [0, 0.05) is 19.5 Å². The molecular formula is C15H22ClNO2S. The van der Waals surface area contributed by atoms with Gasteiger partial charge in [0.15, 0.2) is 0 Å². The Hall–Kier alpha value is -0.580. The van der Waals surface area contributed by atoms with Gasteiger partial charge < -0.3 is 0 Å². The highest BCUT2D eigenvalue weighted by Gasteiger charge is 2.24. The van der Waals surface area contributed by atoms with E-state index in [2.05, 4.69) is 0 Å². The van der Waals surface area contributed by atoms with Crippen molar-refractivity contribution in [1.82, 2.24) is 4.31 Å². The van der Waals surface area contributed by atoms with Crippen LogP contribution in [0.25, 0.3) is 0 Å². The van der Waals surface area contributed by atoms with Crippen molar-refractivity contribution in [3.63, 3.8) is 0 Å². The van der Waals surface area contributed by atoms with Gasteiger partial charge in [0.25, 0.3) is 0 Å². The van der Waals surface area contributed by atoms with Crippen molar-refractivity contribution in [3.05, 3.63) is 35.4 Å². The van der Waals surface area contributed by atoms with E-state index in [0.29, 0.717) is 18.3 Å².